The third-order valence-corrected chi connectivity index (χ3v) is 7.42. The third kappa shape index (κ3) is 5.32. The maximum atomic E-state index is 12.6. The van der Waals surface area contributed by atoms with Gasteiger partial charge in [-0.15, -0.1) is 0 Å². The smallest absolute Gasteiger partial charge is 0.297 e. The number of ether oxygens (including phenoxy) is 1. The van der Waals surface area contributed by atoms with Crippen molar-refractivity contribution in [2.45, 2.75) is 44.2 Å². The van der Waals surface area contributed by atoms with E-state index in [4.69, 9.17) is 8.92 Å². The zero-order valence-corrected chi connectivity index (χ0v) is 20.5. The Hall–Kier alpha value is -3.16. The number of rotatable bonds is 8. The molecule has 1 amide bonds. The van der Waals surface area contributed by atoms with Crippen LogP contribution in [0.15, 0.2) is 71.6 Å². The van der Waals surface area contributed by atoms with E-state index < -0.39 is 10.1 Å². The number of benzene rings is 3. The van der Waals surface area contributed by atoms with E-state index >= 15 is 0 Å². The van der Waals surface area contributed by atoms with E-state index in [1.807, 2.05) is 50.2 Å². The van der Waals surface area contributed by atoms with Crippen LogP contribution in [-0.2, 0) is 25.6 Å². The molecule has 0 aliphatic carbocycles. The molecule has 34 heavy (non-hydrogen) atoms. The lowest BCUT2D eigenvalue weighted by atomic mass is 10.00. The van der Waals surface area contributed by atoms with Gasteiger partial charge in [0.25, 0.3) is 10.1 Å². The Morgan fingerprint density at radius 2 is 1.74 bits per heavy atom. The predicted molar refractivity (Wildman–Crippen MR) is 131 cm³/mol. The number of nitrogens with zero attached hydrogens (tertiary/aromatic N) is 1. The number of hydrogen-bond acceptors (Lipinski definition) is 5. The van der Waals surface area contributed by atoms with E-state index in [2.05, 4.69) is 6.07 Å². The van der Waals surface area contributed by atoms with Crippen LogP contribution in [0.3, 0.4) is 0 Å². The Labute approximate surface area is 201 Å². The summed E-state index contributed by atoms with van der Waals surface area (Å²) in [5.74, 6) is 0.750. The molecule has 4 rings (SSSR count). The van der Waals surface area contributed by atoms with Crippen molar-refractivity contribution in [3.05, 3.63) is 83.4 Å². The van der Waals surface area contributed by atoms with E-state index in [0.29, 0.717) is 19.4 Å². The van der Waals surface area contributed by atoms with Gasteiger partial charge in [-0.1, -0.05) is 53.6 Å². The minimum Gasteiger partial charge on any atom is -0.496 e. The van der Waals surface area contributed by atoms with Crippen LogP contribution in [0.5, 0.6) is 5.75 Å². The number of likely N-dealkylation sites (tertiary alicyclic amines) is 1. The zero-order valence-electron chi connectivity index (χ0n) is 19.7. The molecule has 0 N–H and O–H groups in total. The maximum absolute atomic E-state index is 12.6. The van der Waals surface area contributed by atoms with Gasteiger partial charge in [0, 0.05) is 18.5 Å². The van der Waals surface area contributed by atoms with Gasteiger partial charge in [0.05, 0.1) is 24.7 Å². The summed E-state index contributed by atoms with van der Waals surface area (Å²) in [4.78, 5) is 14.5. The average molecular weight is 480 g/mol. The summed E-state index contributed by atoms with van der Waals surface area (Å²) in [6.07, 6.45) is 0.933. The second kappa shape index (κ2) is 9.99. The molecule has 3 aromatic rings. The van der Waals surface area contributed by atoms with E-state index in [1.165, 1.54) is 12.1 Å². The van der Waals surface area contributed by atoms with Crippen LogP contribution in [0.25, 0.3) is 11.1 Å². The minimum absolute atomic E-state index is 0.00532. The Bertz CT molecular complexity index is 1280. The van der Waals surface area contributed by atoms with Crippen molar-refractivity contribution in [3.63, 3.8) is 0 Å². The second-order valence-electron chi connectivity index (χ2n) is 8.67. The molecule has 0 spiro atoms. The highest BCUT2D eigenvalue weighted by Gasteiger charge is 2.32. The first-order valence-electron chi connectivity index (χ1n) is 11.3. The second-order valence-corrected chi connectivity index (χ2v) is 10.3. The van der Waals surface area contributed by atoms with Crippen molar-refractivity contribution in [3.8, 4) is 16.9 Å². The quantitative estimate of drug-likeness (QED) is 0.431. The van der Waals surface area contributed by atoms with Crippen LogP contribution < -0.4 is 4.74 Å². The fraction of sp³-hybridized carbons (Fsp3) is 0.296. The number of methoxy groups -OCH3 is 1. The first kappa shape index (κ1) is 24.0. The molecule has 0 unspecified atom stereocenters. The van der Waals surface area contributed by atoms with Crippen LogP contribution >= 0.6 is 0 Å². The molecule has 1 atom stereocenters. The fourth-order valence-electron chi connectivity index (χ4n) is 4.21. The lowest BCUT2D eigenvalue weighted by Crippen LogP contribution is -2.36. The highest BCUT2D eigenvalue weighted by molar-refractivity contribution is 7.86. The van der Waals surface area contributed by atoms with E-state index in [-0.39, 0.29) is 23.5 Å². The van der Waals surface area contributed by atoms with Gasteiger partial charge in [-0.2, -0.15) is 8.42 Å². The number of hydrogen-bond donors (Lipinski definition) is 0. The van der Waals surface area contributed by atoms with Gasteiger partial charge in [-0.25, -0.2) is 0 Å². The van der Waals surface area contributed by atoms with Crippen LogP contribution in [-0.4, -0.2) is 39.0 Å². The highest BCUT2D eigenvalue weighted by atomic mass is 32.2. The van der Waals surface area contributed by atoms with Crippen molar-refractivity contribution in [1.82, 2.24) is 4.90 Å². The first-order valence-corrected chi connectivity index (χ1v) is 12.7. The highest BCUT2D eigenvalue weighted by Crippen LogP contribution is 2.33. The molecule has 1 saturated heterocycles. The number of carbonyl (C=O) groups excluding carboxylic acids is 1. The lowest BCUT2D eigenvalue weighted by Gasteiger charge is -2.25. The maximum Gasteiger partial charge on any atom is 0.297 e. The van der Waals surface area contributed by atoms with Crippen LogP contribution in [0.4, 0.5) is 0 Å². The summed E-state index contributed by atoms with van der Waals surface area (Å²) in [5.41, 5.74) is 5.04. The summed E-state index contributed by atoms with van der Waals surface area (Å²) >= 11 is 0. The molecule has 1 aliphatic rings. The zero-order chi connectivity index (χ0) is 24.3. The molecule has 0 saturated carbocycles. The normalized spacial score (nSPS) is 16.1. The number of amides is 1. The van der Waals surface area contributed by atoms with Gasteiger partial charge < -0.3 is 9.64 Å². The van der Waals surface area contributed by atoms with Gasteiger partial charge in [-0.05, 0) is 55.7 Å². The van der Waals surface area contributed by atoms with Crippen molar-refractivity contribution in [2.75, 3.05) is 13.7 Å². The Kier molecular flexibility index (Phi) is 7.05. The summed E-state index contributed by atoms with van der Waals surface area (Å²) in [5, 5.41) is 0. The molecule has 1 fully saturated rings. The van der Waals surface area contributed by atoms with Crippen LogP contribution in [0.1, 0.15) is 29.5 Å². The van der Waals surface area contributed by atoms with Crippen molar-refractivity contribution < 1.29 is 22.1 Å². The van der Waals surface area contributed by atoms with Crippen LogP contribution in [0, 0.1) is 13.8 Å². The molecule has 0 aromatic heterocycles. The predicted octanol–water partition coefficient (Wildman–Crippen LogP) is 4.88. The van der Waals surface area contributed by atoms with Gasteiger partial charge in [0.15, 0.2) is 0 Å². The Morgan fingerprint density at radius 3 is 2.44 bits per heavy atom. The largest absolute Gasteiger partial charge is 0.496 e. The summed E-state index contributed by atoms with van der Waals surface area (Å²) in [7, 11) is -2.25. The van der Waals surface area contributed by atoms with E-state index in [9.17, 15) is 13.2 Å². The summed E-state index contributed by atoms with van der Waals surface area (Å²) in [6.45, 7) is 4.24. The molecular formula is C27H29NO5S. The third-order valence-electron chi connectivity index (χ3n) is 6.12. The molecule has 3 aromatic carbocycles. The molecule has 178 valence electrons. The standard InChI is InChI=1S/C27H29NO5S/c1-19-7-11-24(12-8-19)34(30,31)33-18-23-10-14-27(29)28(23)17-21-9-13-26(32-3)25(16-21)22-6-4-5-20(2)15-22/h4-9,11-13,15-16,23H,10,14,17-18H2,1-3H3/t23-/m0/s1. The summed E-state index contributed by atoms with van der Waals surface area (Å²) < 4.78 is 36.1. The Morgan fingerprint density at radius 1 is 0.971 bits per heavy atom. The van der Waals surface area contributed by atoms with Crippen molar-refractivity contribution in [2.24, 2.45) is 0 Å². The monoisotopic (exact) mass is 479 g/mol. The van der Waals surface area contributed by atoms with E-state index in [1.54, 1.807) is 24.1 Å². The van der Waals surface area contributed by atoms with Gasteiger partial charge >= 0.3 is 0 Å². The average Bonchev–Trinajstić information content (AvgIpc) is 3.17. The van der Waals surface area contributed by atoms with Gasteiger partial charge in [0.2, 0.25) is 5.91 Å². The lowest BCUT2D eigenvalue weighted by molar-refractivity contribution is -0.129. The van der Waals surface area contributed by atoms with E-state index in [0.717, 1.165) is 33.6 Å². The van der Waals surface area contributed by atoms with Gasteiger partial charge in [0.1, 0.15) is 5.75 Å². The molecular weight excluding hydrogens is 450 g/mol. The molecule has 6 nitrogen and oxygen atoms in total. The van der Waals surface area contributed by atoms with Gasteiger partial charge in [-0.3, -0.25) is 8.98 Å². The topological polar surface area (TPSA) is 72.9 Å². The van der Waals surface area contributed by atoms with Crippen molar-refractivity contribution in [1.29, 1.82) is 0 Å². The van der Waals surface area contributed by atoms with Crippen molar-refractivity contribution >= 4 is 16.0 Å². The molecule has 1 aliphatic heterocycles. The molecule has 0 bridgehead atoms. The number of aryl methyl sites for hydroxylation is 2. The molecule has 0 radical (unpaired) electrons. The Balaban J connectivity index is 1.51. The summed E-state index contributed by atoms with van der Waals surface area (Å²) in [6, 6.07) is 20.3. The first-order chi connectivity index (χ1) is 16.3. The fourth-order valence-corrected chi connectivity index (χ4v) is 5.15. The minimum atomic E-state index is -3.89. The molecule has 1 heterocycles. The number of carbonyl (C=O) groups is 1. The van der Waals surface area contributed by atoms with Crippen LogP contribution in [0.2, 0.25) is 0 Å². The SMILES string of the molecule is COc1ccc(CN2C(=O)CC[C@H]2COS(=O)(=O)c2ccc(C)cc2)cc1-c1cccc(C)c1. The molecule has 7 heteroatoms.